The molecular weight excluding hydrogens is 1490 g/mol. The zero-order valence-corrected chi connectivity index (χ0v) is 68.4. The van der Waals surface area contributed by atoms with Crippen LogP contribution in [0.3, 0.4) is 0 Å². The molecule has 596 valence electrons. The van der Waals surface area contributed by atoms with Crippen LogP contribution in [0.2, 0.25) is 0 Å². The van der Waals surface area contributed by atoms with E-state index in [1.807, 2.05) is 67.3 Å². The van der Waals surface area contributed by atoms with Crippen LogP contribution in [0.5, 0.6) is 0 Å². The Morgan fingerprint density at radius 3 is 1.12 bits per heavy atom. The Kier molecular flexibility index (Phi) is 22.1. The first-order valence-electron chi connectivity index (χ1n) is 41.1. The first-order chi connectivity index (χ1) is 56.4. The maximum atomic E-state index is 13.9. The highest BCUT2D eigenvalue weighted by molar-refractivity contribution is 7.13. The van der Waals surface area contributed by atoms with E-state index in [0.717, 1.165) is 198 Å². The van der Waals surface area contributed by atoms with Crippen LogP contribution in [-0.4, -0.2) is 155 Å². The molecule has 26 heteroatoms. The van der Waals surface area contributed by atoms with E-state index in [-0.39, 0.29) is 83.6 Å². The number of benzene rings is 6. The number of nitrogens with one attached hydrogen (secondary N) is 8. The molecule has 0 unspecified atom stereocenters. The highest BCUT2D eigenvalue weighted by Crippen LogP contribution is 2.41. The molecule has 6 aromatic heterocycles. The summed E-state index contributed by atoms with van der Waals surface area (Å²) in [5.41, 5.74) is 12.1. The zero-order valence-electron chi connectivity index (χ0n) is 66.8. The number of rotatable bonds is 22. The molecule has 6 aliphatic heterocycles. The molecule has 0 radical (unpaired) electrons. The molecule has 6 aliphatic rings. The van der Waals surface area contributed by atoms with Gasteiger partial charge >= 0.3 is 0 Å². The van der Waals surface area contributed by atoms with Crippen molar-refractivity contribution < 1.29 is 19.2 Å². The van der Waals surface area contributed by atoms with E-state index in [0.29, 0.717) is 26.2 Å². The summed E-state index contributed by atoms with van der Waals surface area (Å²) >= 11 is 3.01. The minimum absolute atomic E-state index is 0.0655. The fraction of sp³-hybridized carbons (Fsp3) is 0.378. The van der Waals surface area contributed by atoms with Crippen LogP contribution < -0.4 is 21.3 Å². The molecule has 24 nitrogen and oxygen atoms in total. The van der Waals surface area contributed by atoms with E-state index in [2.05, 4.69) is 216 Å². The third kappa shape index (κ3) is 16.0. The number of thiazole rings is 2. The minimum atomic E-state index is -0.430. The topological polar surface area (TPSA) is 295 Å². The monoisotopic (exact) mass is 1590 g/mol. The molecule has 12 aromatic rings. The zero-order chi connectivity index (χ0) is 79.8. The number of amides is 4. The minimum Gasteiger partial charge on any atom is -0.350 e. The van der Waals surface area contributed by atoms with E-state index < -0.39 is 12.1 Å². The largest absolute Gasteiger partial charge is 0.350 e. The number of carbonyl (C=O) groups is 4. The maximum Gasteiger partial charge on any atom is 0.248 e. The Balaban J connectivity index is 0.000000167. The normalized spacial score (nSPS) is 19.9. The number of fused-ring (bicyclic) bond motifs is 4. The summed E-state index contributed by atoms with van der Waals surface area (Å²) in [4.78, 5) is 116. The number of aromatic nitrogens is 10. The number of aliphatic imine (C=N–C) groups is 2. The third-order valence-corrected chi connectivity index (χ3v) is 25.0. The summed E-state index contributed by atoms with van der Waals surface area (Å²) in [6, 6.07) is 36.8. The first-order valence-corrected chi connectivity index (χ1v) is 42.8. The first kappa shape index (κ1) is 77.0. The Morgan fingerprint density at radius 2 is 0.767 bits per heavy atom. The van der Waals surface area contributed by atoms with E-state index in [9.17, 15) is 19.2 Å². The predicted molar refractivity (Wildman–Crippen MR) is 463 cm³/mol. The number of nitrogens with zero attached hydrogens (tertiary/aromatic N) is 12. The molecule has 18 rings (SSSR count). The number of carbonyl (C=O) groups excluding carboxylic acids is 4. The van der Waals surface area contributed by atoms with E-state index >= 15 is 0 Å². The van der Waals surface area contributed by atoms with Crippen molar-refractivity contribution in [1.82, 2.24) is 80.1 Å². The van der Waals surface area contributed by atoms with Gasteiger partial charge in [0.25, 0.3) is 0 Å². The summed E-state index contributed by atoms with van der Waals surface area (Å²) in [6.07, 6.45) is 23.8. The van der Waals surface area contributed by atoms with Crippen LogP contribution in [0.25, 0.3) is 88.4 Å². The van der Waals surface area contributed by atoms with Gasteiger partial charge in [0.1, 0.15) is 59.1 Å². The lowest BCUT2D eigenvalue weighted by atomic mass is 9.99. The van der Waals surface area contributed by atoms with Crippen LogP contribution in [0.15, 0.2) is 179 Å². The summed E-state index contributed by atoms with van der Waals surface area (Å²) in [6.45, 7) is 19.3. The van der Waals surface area contributed by atoms with E-state index in [4.69, 9.17) is 29.9 Å². The van der Waals surface area contributed by atoms with Crippen molar-refractivity contribution in [1.29, 1.82) is 0 Å². The molecule has 0 aliphatic carbocycles. The third-order valence-electron chi connectivity index (χ3n) is 23.6. The van der Waals surface area contributed by atoms with Gasteiger partial charge in [-0.25, -0.2) is 29.9 Å². The molecule has 6 aromatic carbocycles. The lowest BCUT2D eigenvalue weighted by Gasteiger charge is -2.30. The molecule has 4 saturated heterocycles. The number of likely N-dealkylation sites (tertiary alicyclic amines) is 4. The van der Waals surface area contributed by atoms with Gasteiger partial charge in [0.15, 0.2) is 10.3 Å². The summed E-state index contributed by atoms with van der Waals surface area (Å²) in [5, 5.41) is 23.0. The predicted octanol–water partition coefficient (Wildman–Crippen LogP) is 17.2. The average Bonchev–Trinajstić information content (AvgIpc) is 1.62. The fourth-order valence-electron chi connectivity index (χ4n) is 17.3. The van der Waals surface area contributed by atoms with Gasteiger partial charge in [0.05, 0.1) is 70.0 Å². The summed E-state index contributed by atoms with van der Waals surface area (Å²) in [5.74, 6) is 5.69. The van der Waals surface area contributed by atoms with Gasteiger partial charge in [-0.3, -0.25) is 29.2 Å². The Bertz CT molecular complexity index is 5360. The number of amidine groups is 2. The van der Waals surface area contributed by atoms with Crippen molar-refractivity contribution in [2.45, 2.75) is 168 Å². The van der Waals surface area contributed by atoms with Gasteiger partial charge in [-0.15, -0.1) is 22.7 Å². The molecule has 0 spiro atoms. The molecule has 116 heavy (non-hydrogen) atoms. The van der Waals surface area contributed by atoms with Crippen molar-refractivity contribution in [2.24, 2.45) is 33.7 Å². The second kappa shape index (κ2) is 33.3. The van der Waals surface area contributed by atoms with Gasteiger partial charge in [-0.1, -0.05) is 128 Å². The molecule has 4 fully saturated rings. The van der Waals surface area contributed by atoms with Crippen LogP contribution in [0, 0.1) is 23.7 Å². The Morgan fingerprint density at radius 1 is 0.414 bits per heavy atom. The van der Waals surface area contributed by atoms with E-state index in [1.165, 1.54) is 22.7 Å². The lowest BCUT2D eigenvalue weighted by Crippen LogP contribution is -2.45. The molecule has 8 atom stereocenters. The van der Waals surface area contributed by atoms with Crippen LogP contribution in [0.1, 0.15) is 167 Å². The number of anilines is 2. The number of H-pyrrole nitrogens is 4. The quantitative estimate of drug-likeness (QED) is 0.0313. The SMILES string of the molecule is CC(C)[C@H](N=C1CC=CN1)C(=O)N1CCC[C@H]1c1nc2ccc(-c3ccc4cc(-c5cnc([C@@H]6CCCN6C(=O)[C@@H](Nc6nccs6)C(C)C)[nH]5)ccc4c3)cc2[nH]1.CC(C)[C@H](N=C1CC=CN1)C(=O)N1CCC[C@H]1c1nc2ccc(-c3ccc4cc(-c5cnc([C@@H]6CCCN6C(=O)[C@@H](Nc6nccs6)C(C)C)[nH]5)ccc4c3)cc2[nH]1. The maximum absolute atomic E-state index is 13.9. The number of hydrogen-bond acceptors (Lipinski definition) is 16. The number of aromatic amines is 4. The highest BCUT2D eigenvalue weighted by atomic mass is 32.1. The van der Waals surface area contributed by atoms with Crippen LogP contribution in [-0.2, 0) is 19.2 Å². The van der Waals surface area contributed by atoms with Crippen molar-refractivity contribution in [3.63, 3.8) is 0 Å². The molecular formula is C90H100N20O4S2. The van der Waals surface area contributed by atoms with Crippen molar-refractivity contribution in [3.8, 4) is 44.8 Å². The van der Waals surface area contributed by atoms with Gasteiger partial charge in [0.2, 0.25) is 23.6 Å². The number of imidazole rings is 4. The molecule has 0 bridgehead atoms. The van der Waals surface area contributed by atoms with Crippen molar-refractivity contribution in [3.05, 3.63) is 193 Å². The summed E-state index contributed by atoms with van der Waals surface area (Å²) < 4.78 is 0. The molecule has 12 heterocycles. The fourth-order valence-corrected chi connectivity index (χ4v) is 18.5. The summed E-state index contributed by atoms with van der Waals surface area (Å²) in [7, 11) is 0. The molecule has 8 N–H and O–H groups in total. The van der Waals surface area contributed by atoms with Crippen LogP contribution in [0.4, 0.5) is 10.3 Å². The van der Waals surface area contributed by atoms with Crippen LogP contribution >= 0.6 is 22.7 Å². The van der Waals surface area contributed by atoms with Gasteiger partial charge < -0.3 is 60.8 Å². The number of hydrogen-bond donors (Lipinski definition) is 8. The Hall–Kier alpha value is -11.6. The van der Waals surface area contributed by atoms with Crippen molar-refractivity contribution >= 4 is 112 Å². The molecule has 0 saturated carbocycles. The van der Waals surface area contributed by atoms with E-state index in [1.54, 1.807) is 12.4 Å². The van der Waals surface area contributed by atoms with Crippen molar-refractivity contribution in [2.75, 3.05) is 36.8 Å². The molecule has 4 amide bonds. The second-order valence-corrected chi connectivity index (χ2v) is 34.6. The van der Waals surface area contributed by atoms with Gasteiger partial charge in [0, 0.05) is 73.3 Å². The standard InChI is InChI=1S/2C45H50N10O2S/c2*1-26(2)39(52-38-10-5-17-46-38)43(56)55-20-7-9-37(55)42-49-33-16-15-31(24-34(33)50-42)29-11-12-30-23-32(14-13-28(30)22-29)35-25-48-41(51-35)36-8-6-19-54(36)44(57)40(27(3)4)53-45-47-18-21-58-45/h2*5,11-18,21-27,36-37,39-40H,6-10,19-20H2,1-4H3,(H,46,52)(H,47,53)(H,48,51)(H,49,50)/t2*36-,37-,39-,40-/m00/s1. The van der Waals surface area contributed by atoms with Gasteiger partial charge in [-0.05, 0) is 180 Å². The Labute approximate surface area is 682 Å². The highest BCUT2D eigenvalue weighted by Gasteiger charge is 2.42. The second-order valence-electron chi connectivity index (χ2n) is 32.8. The smallest absolute Gasteiger partial charge is 0.248 e. The average molecular weight is 1590 g/mol. The lowest BCUT2D eigenvalue weighted by molar-refractivity contribution is -0.135. The van der Waals surface area contributed by atoms with Gasteiger partial charge in [-0.2, -0.15) is 0 Å².